The van der Waals surface area contributed by atoms with Gasteiger partial charge in [-0.2, -0.15) is 0 Å². The fourth-order valence-corrected chi connectivity index (χ4v) is 1.20. The summed E-state index contributed by atoms with van der Waals surface area (Å²) in [5.74, 6) is -0.439. The van der Waals surface area contributed by atoms with Gasteiger partial charge in [-0.3, -0.25) is 9.59 Å². The van der Waals surface area contributed by atoms with Crippen LogP contribution in [0.15, 0.2) is 4.79 Å². The van der Waals surface area contributed by atoms with E-state index < -0.39 is 5.97 Å². The van der Waals surface area contributed by atoms with Crippen molar-refractivity contribution in [1.82, 2.24) is 9.97 Å². The van der Waals surface area contributed by atoms with Crippen LogP contribution < -0.4 is 5.56 Å². The minimum absolute atomic E-state index is 0.231. The number of carbonyl (C=O) groups is 1. The number of rotatable bonds is 3. The summed E-state index contributed by atoms with van der Waals surface area (Å²) in [7, 11) is 0. The van der Waals surface area contributed by atoms with Gasteiger partial charge >= 0.3 is 5.97 Å². The highest BCUT2D eigenvalue weighted by Gasteiger charge is 2.10. The summed E-state index contributed by atoms with van der Waals surface area (Å²) in [6.45, 7) is 3.52. The van der Waals surface area contributed by atoms with E-state index in [9.17, 15) is 9.59 Å². The van der Waals surface area contributed by atoms with Gasteiger partial charge in [-0.15, -0.1) is 0 Å². The van der Waals surface area contributed by atoms with E-state index in [-0.39, 0.29) is 17.5 Å². The van der Waals surface area contributed by atoms with Gasteiger partial charge in [-0.1, -0.05) is 6.92 Å². The number of aliphatic carboxylic acids is 1. The molecule has 0 atom stereocenters. The molecule has 2 N–H and O–H groups in total. The molecule has 1 aromatic heterocycles. The van der Waals surface area contributed by atoms with Crippen molar-refractivity contribution in [1.29, 1.82) is 0 Å². The van der Waals surface area contributed by atoms with Crippen molar-refractivity contribution in [3.05, 3.63) is 27.4 Å². The molecule has 0 aliphatic rings. The van der Waals surface area contributed by atoms with Gasteiger partial charge in [0.1, 0.15) is 5.82 Å². The van der Waals surface area contributed by atoms with Gasteiger partial charge in [0.15, 0.2) is 0 Å². The molecule has 0 saturated heterocycles. The Balaban J connectivity index is 3.18. The topological polar surface area (TPSA) is 83.0 Å². The lowest BCUT2D eigenvalue weighted by atomic mass is 10.1. The standard InChI is InChI=1S/C9H12N2O3/c1-3-7-10-5(2)6(4-8(12)13)9(14)11-7/h3-4H2,1-2H3,(H,12,13)(H,10,11,14). The van der Waals surface area contributed by atoms with E-state index in [0.29, 0.717) is 17.9 Å². The summed E-state index contributed by atoms with van der Waals surface area (Å²) in [6.07, 6.45) is 0.349. The summed E-state index contributed by atoms with van der Waals surface area (Å²) in [6, 6.07) is 0. The van der Waals surface area contributed by atoms with Gasteiger partial charge in [0, 0.05) is 17.7 Å². The molecule has 0 bridgehead atoms. The lowest BCUT2D eigenvalue weighted by Crippen LogP contribution is -2.21. The van der Waals surface area contributed by atoms with Crippen molar-refractivity contribution >= 4 is 5.97 Å². The Kier molecular flexibility index (Phi) is 3.01. The fourth-order valence-electron chi connectivity index (χ4n) is 1.20. The van der Waals surface area contributed by atoms with Crippen molar-refractivity contribution in [2.75, 3.05) is 0 Å². The fraction of sp³-hybridized carbons (Fsp3) is 0.444. The third-order valence-corrected chi connectivity index (χ3v) is 1.93. The minimum atomic E-state index is -1.02. The Bertz CT molecular complexity index is 409. The molecule has 0 radical (unpaired) electrons. The Hall–Kier alpha value is -1.65. The maximum absolute atomic E-state index is 11.4. The summed E-state index contributed by atoms with van der Waals surface area (Å²) in [5.41, 5.74) is 0.374. The molecule has 0 aromatic carbocycles. The second-order valence-electron chi connectivity index (χ2n) is 3.00. The highest BCUT2D eigenvalue weighted by Crippen LogP contribution is 2.00. The molecule has 0 fully saturated rings. The van der Waals surface area contributed by atoms with E-state index in [1.807, 2.05) is 6.92 Å². The zero-order chi connectivity index (χ0) is 10.7. The Labute approximate surface area is 80.8 Å². The van der Waals surface area contributed by atoms with E-state index in [4.69, 9.17) is 5.11 Å². The zero-order valence-electron chi connectivity index (χ0n) is 8.13. The van der Waals surface area contributed by atoms with Crippen LogP contribution in [0.2, 0.25) is 0 Å². The molecule has 0 unspecified atom stereocenters. The first-order chi connectivity index (χ1) is 6.54. The Morgan fingerprint density at radius 2 is 2.21 bits per heavy atom. The van der Waals surface area contributed by atoms with Crippen LogP contribution in [0.4, 0.5) is 0 Å². The van der Waals surface area contributed by atoms with Crippen LogP contribution in [0.3, 0.4) is 0 Å². The van der Waals surface area contributed by atoms with Crippen molar-refractivity contribution in [3.8, 4) is 0 Å². The molecule has 0 aliphatic heterocycles. The summed E-state index contributed by atoms with van der Waals surface area (Å²) in [5, 5.41) is 8.56. The number of aromatic nitrogens is 2. The van der Waals surface area contributed by atoms with Gasteiger partial charge in [-0.25, -0.2) is 4.98 Å². The third kappa shape index (κ3) is 2.18. The predicted octanol–water partition coefficient (Wildman–Crippen LogP) is 0.268. The number of H-pyrrole nitrogens is 1. The van der Waals surface area contributed by atoms with Crippen LogP contribution in [0.25, 0.3) is 0 Å². The third-order valence-electron chi connectivity index (χ3n) is 1.93. The van der Waals surface area contributed by atoms with Gasteiger partial charge in [0.25, 0.3) is 5.56 Å². The van der Waals surface area contributed by atoms with Crippen molar-refractivity contribution < 1.29 is 9.90 Å². The van der Waals surface area contributed by atoms with E-state index in [0.717, 1.165) is 0 Å². The van der Waals surface area contributed by atoms with Gasteiger partial charge < -0.3 is 10.1 Å². The number of nitrogens with zero attached hydrogens (tertiary/aromatic N) is 1. The first kappa shape index (κ1) is 10.4. The Morgan fingerprint density at radius 3 is 2.64 bits per heavy atom. The maximum Gasteiger partial charge on any atom is 0.308 e. The number of nitrogens with one attached hydrogen (secondary N) is 1. The molecule has 5 nitrogen and oxygen atoms in total. The van der Waals surface area contributed by atoms with Crippen LogP contribution in [0, 0.1) is 6.92 Å². The molecule has 1 heterocycles. The summed E-state index contributed by atoms with van der Waals surface area (Å²) in [4.78, 5) is 28.5. The van der Waals surface area contributed by atoms with Crippen molar-refractivity contribution in [3.63, 3.8) is 0 Å². The molecule has 1 rings (SSSR count). The van der Waals surface area contributed by atoms with Crippen LogP contribution in [0.5, 0.6) is 0 Å². The van der Waals surface area contributed by atoms with E-state index >= 15 is 0 Å². The number of hydrogen-bond donors (Lipinski definition) is 2. The van der Waals surface area contributed by atoms with Gasteiger partial charge in [0.2, 0.25) is 0 Å². The van der Waals surface area contributed by atoms with E-state index in [1.165, 1.54) is 0 Å². The van der Waals surface area contributed by atoms with Gasteiger partial charge in [0.05, 0.1) is 6.42 Å². The SMILES string of the molecule is CCc1nc(C)c(CC(=O)O)c(=O)[nH]1. The van der Waals surface area contributed by atoms with Crippen LogP contribution in [0.1, 0.15) is 24.0 Å². The molecule has 0 amide bonds. The highest BCUT2D eigenvalue weighted by molar-refractivity contribution is 5.70. The van der Waals surface area contributed by atoms with E-state index in [2.05, 4.69) is 9.97 Å². The molecule has 76 valence electrons. The number of aryl methyl sites for hydroxylation is 2. The first-order valence-corrected chi connectivity index (χ1v) is 4.35. The molecular weight excluding hydrogens is 184 g/mol. The van der Waals surface area contributed by atoms with Crippen LogP contribution >= 0.6 is 0 Å². The molecule has 5 heteroatoms. The number of hydrogen-bond acceptors (Lipinski definition) is 3. The van der Waals surface area contributed by atoms with Gasteiger partial charge in [-0.05, 0) is 6.92 Å². The molecule has 0 spiro atoms. The van der Waals surface area contributed by atoms with Crippen molar-refractivity contribution in [2.24, 2.45) is 0 Å². The van der Waals surface area contributed by atoms with Crippen molar-refractivity contribution in [2.45, 2.75) is 26.7 Å². The molecule has 0 saturated carbocycles. The monoisotopic (exact) mass is 196 g/mol. The number of carboxylic acid groups (broad SMARTS) is 1. The second kappa shape index (κ2) is 4.04. The minimum Gasteiger partial charge on any atom is -0.481 e. The second-order valence-corrected chi connectivity index (χ2v) is 3.00. The first-order valence-electron chi connectivity index (χ1n) is 4.35. The number of carboxylic acids is 1. The number of aromatic amines is 1. The summed E-state index contributed by atoms with van der Waals surface area (Å²) >= 11 is 0. The predicted molar refractivity (Wildman–Crippen MR) is 50.3 cm³/mol. The smallest absolute Gasteiger partial charge is 0.308 e. The normalized spacial score (nSPS) is 10.1. The highest BCUT2D eigenvalue weighted by atomic mass is 16.4. The average Bonchev–Trinajstić information content (AvgIpc) is 2.10. The largest absolute Gasteiger partial charge is 0.481 e. The lowest BCUT2D eigenvalue weighted by Gasteiger charge is -2.03. The molecule has 1 aromatic rings. The quantitative estimate of drug-likeness (QED) is 0.726. The van der Waals surface area contributed by atoms with Crippen LogP contribution in [-0.2, 0) is 17.6 Å². The van der Waals surface area contributed by atoms with E-state index in [1.54, 1.807) is 6.92 Å². The maximum atomic E-state index is 11.4. The Morgan fingerprint density at radius 1 is 1.57 bits per heavy atom. The van der Waals surface area contributed by atoms with Crippen LogP contribution in [-0.4, -0.2) is 21.0 Å². The molecule has 0 aliphatic carbocycles. The summed E-state index contributed by atoms with van der Waals surface area (Å²) < 4.78 is 0. The zero-order valence-corrected chi connectivity index (χ0v) is 8.13. The molecule has 14 heavy (non-hydrogen) atoms. The average molecular weight is 196 g/mol. The molecular formula is C9H12N2O3. The lowest BCUT2D eigenvalue weighted by molar-refractivity contribution is -0.136.